The zero-order valence-corrected chi connectivity index (χ0v) is 16.5. The summed E-state index contributed by atoms with van der Waals surface area (Å²) < 4.78 is 5.40. The van der Waals surface area contributed by atoms with Crippen molar-refractivity contribution in [2.24, 2.45) is 0 Å². The number of carbonyl (C=O) groups excluding carboxylic acids is 2. The summed E-state index contributed by atoms with van der Waals surface area (Å²) in [4.78, 5) is 34.9. The molecule has 148 valence electrons. The molecule has 0 fully saturated rings. The molecule has 6 heteroatoms. The third-order valence-electron chi connectivity index (χ3n) is 4.60. The summed E-state index contributed by atoms with van der Waals surface area (Å²) in [6.07, 6.45) is 7.01. The van der Waals surface area contributed by atoms with Crippen LogP contribution in [-0.2, 0) is 24.3 Å². The highest BCUT2D eigenvalue weighted by atomic mass is 16.5. The van der Waals surface area contributed by atoms with Gasteiger partial charge in [0.2, 0.25) is 5.91 Å². The Hall–Kier alpha value is -3.54. The number of benzene rings is 1. The van der Waals surface area contributed by atoms with E-state index in [0.717, 1.165) is 11.1 Å². The van der Waals surface area contributed by atoms with Crippen LogP contribution in [-0.4, -0.2) is 33.7 Å². The van der Waals surface area contributed by atoms with Crippen LogP contribution in [0.2, 0.25) is 0 Å². The molecule has 29 heavy (non-hydrogen) atoms. The Kier molecular flexibility index (Phi) is 6.68. The summed E-state index contributed by atoms with van der Waals surface area (Å²) in [6.45, 7) is 2.39. The second-order valence-corrected chi connectivity index (χ2v) is 6.73. The maximum absolute atomic E-state index is 13.2. The second-order valence-electron chi connectivity index (χ2n) is 6.73. The Morgan fingerprint density at radius 2 is 1.72 bits per heavy atom. The first-order valence-corrected chi connectivity index (χ1v) is 9.30. The number of rotatable bonds is 8. The Bertz CT molecular complexity index is 934. The summed E-state index contributed by atoms with van der Waals surface area (Å²) in [7, 11) is 1.56. The number of ketones is 1. The highest BCUT2D eigenvalue weighted by Gasteiger charge is 2.18. The summed E-state index contributed by atoms with van der Waals surface area (Å²) >= 11 is 0. The van der Waals surface area contributed by atoms with Gasteiger partial charge in [-0.2, -0.15) is 0 Å². The minimum atomic E-state index is -0.0651. The van der Waals surface area contributed by atoms with Gasteiger partial charge in [-0.1, -0.05) is 6.07 Å². The summed E-state index contributed by atoms with van der Waals surface area (Å²) in [5.41, 5.74) is 3.18. The van der Waals surface area contributed by atoms with Crippen LogP contribution in [0, 0.1) is 0 Å². The second kappa shape index (κ2) is 9.59. The van der Waals surface area contributed by atoms with E-state index in [0.29, 0.717) is 30.0 Å². The molecule has 1 aromatic carbocycles. The average Bonchev–Trinajstić information content (AvgIpc) is 2.74. The van der Waals surface area contributed by atoms with Crippen molar-refractivity contribution in [1.82, 2.24) is 14.9 Å². The maximum Gasteiger partial charge on any atom is 0.227 e. The number of pyridine rings is 2. The molecule has 1 amide bonds. The Morgan fingerprint density at radius 1 is 0.966 bits per heavy atom. The molecule has 0 aliphatic heterocycles. The predicted molar refractivity (Wildman–Crippen MR) is 109 cm³/mol. The van der Waals surface area contributed by atoms with Crippen LogP contribution in [0.4, 0.5) is 0 Å². The van der Waals surface area contributed by atoms with Crippen molar-refractivity contribution in [1.29, 1.82) is 0 Å². The smallest absolute Gasteiger partial charge is 0.227 e. The topological polar surface area (TPSA) is 72.4 Å². The monoisotopic (exact) mass is 389 g/mol. The first-order chi connectivity index (χ1) is 14.1. The number of aromatic nitrogens is 2. The van der Waals surface area contributed by atoms with Crippen molar-refractivity contribution in [2.75, 3.05) is 7.11 Å². The minimum absolute atomic E-state index is 0.0506. The first-order valence-electron chi connectivity index (χ1n) is 9.30. The van der Waals surface area contributed by atoms with Crippen molar-refractivity contribution in [3.05, 3.63) is 89.5 Å². The normalized spacial score (nSPS) is 10.4. The van der Waals surface area contributed by atoms with Gasteiger partial charge in [0.1, 0.15) is 5.75 Å². The number of hydrogen-bond acceptors (Lipinski definition) is 5. The van der Waals surface area contributed by atoms with Gasteiger partial charge in [-0.15, -0.1) is 0 Å². The first kappa shape index (κ1) is 20.2. The van der Waals surface area contributed by atoms with Gasteiger partial charge in [0.25, 0.3) is 0 Å². The molecule has 3 rings (SSSR count). The molecule has 0 saturated heterocycles. The number of carbonyl (C=O) groups is 2. The SMILES string of the molecule is COc1ccc(C(C)=O)cc1CC(=O)N(Cc1ccncc1)Cc1cccnc1. The van der Waals surface area contributed by atoms with Crippen LogP contribution in [0.5, 0.6) is 5.75 Å². The van der Waals surface area contributed by atoms with E-state index in [2.05, 4.69) is 9.97 Å². The Balaban J connectivity index is 1.86. The van der Waals surface area contributed by atoms with E-state index < -0.39 is 0 Å². The Morgan fingerprint density at radius 3 is 2.38 bits per heavy atom. The molecule has 0 atom stereocenters. The van der Waals surface area contributed by atoms with Crippen LogP contribution in [0.3, 0.4) is 0 Å². The fraction of sp³-hybridized carbons (Fsp3) is 0.217. The molecule has 2 aromatic heterocycles. The predicted octanol–water partition coefficient (Wildman–Crippen LogP) is 3.46. The lowest BCUT2D eigenvalue weighted by Crippen LogP contribution is -2.31. The van der Waals surface area contributed by atoms with Gasteiger partial charge >= 0.3 is 0 Å². The molecular formula is C23H23N3O3. The van der Waals surface area contributed by atoms with Gasteiger partial charge in [-0.05, 0) is 54.4 Å². The van der Waals surface area contributed by atoms with Gasteiger partial charge < -0.3 is 9.64 Å². The van der Waals surface area contributed by atoms with Crippen LogP contribution < -0.4 is 4.74 Å². The van der Waals surface area contributed by atoms with Crippen LogP contribution in [0.15, 0.2) is 67.3 Å². The fourth-order valence-corrected chi connectivity index (χ4v) is 3.06. The third kappa shape index (κ3) is 5.48. The molecular weight excluding hydrogens is 366 g/mol. The molecule has 6 nitrogen and oxygen atoms in total. The standard InChI is InChI=1S/C23H23N3O3/c1-17(27)20-5-6-22(29-2)21(12-20)13-23(28)26(15-18-7-10-24-11-8-18)16-19-4-3-9-25-14-19/h3-12,14H,13,15-16H2,1-2H3. The lowest BCUT2D eigenvalue weighted by molar-refractivity contribution is -0.131. The summed E-state index contributed by atoms with van der Waals surface area (Å²) in [5, 5.41) is 0. The van der Waals surface area contributed by atoms with Crippen LogP contribution >= 0.6 is 0 Å². The van der Waals surface area contributed by atoms with E-state index in [1.807, 2.05) is 24.3 Å². The molecule has 0 N–H and O–H groups in total. The molecule has 0 radical (unpaired) electrons. The van der Waals surface area contributed by atoms with Gasteiger partial charge in [-0.3, -0.25) is 19.6 Å². The zero-order chi connectivity index (χ0) is 20.6. The van der Waals surface area contributed by atoms with Crippen molar-refractivity contribution < 1.29 is 14.3 Å². The molecule has 3 aromatic rings. The van der Waals surface area contributed by atoms with Crippen molar-refractivity contribution in [3.8, 4) is 5.75 Å². The number of ether oxygens (including phenoxy) is 1. The molecule has 0 aliphatic rings. The van der Waals surface area contributed by atoms with Crippen LogP contribution in [0.25, 0.3) is 0 Å². The molecule has 0 spiro atoms. The average molecular weight is 389 g/mol. The molecule has 0 saturated carbocycles. The van der Waals surface area contributed by atoms with E-state index >= 15 is 0 Å². The molecule has 0 bridgehead atoms. The number of nitrogens with zero attached hydrogens (tertiary/aromatic N) is 3. The summed E-state index contributed by atoms with van der Waals surface area (Å²) in [5.74, 6) is 0.476. The van der Waals surface area contributed by atoms with E-state index in [1.54, 1.807) is 55.0 Å². The van der Waals surface area contributed by atoms with Crippen molar-refractivity contribution in [2.45, 2.75) is 26.4 Å². The van der Waals surface area contributed by atoms with Gasteiger partial charge in [0.05, 0.1) is 13.5 Å². The lowest BCUT2D eigenvalue weighted by Gasteiger charge is -2.23. The molecule has 2 heterocycles. The maximum atomic E-state index is 13.2. The number of Topliss-reactive ketones (excluding diaryl/α,β-unsaturated/α-hetero) is 1. The largest absolute Gasteiger partial charge is 0.496 e. The van der Waals surface area contributed by atoms with Crippen LogP contribution in [0.1, 0.15) is 34.0 Å². The highest BCUT2D eigenvalue weighted by molar-refractivity contribution is 5.94. The zero-order valence-electron chi connectivity index (χ0n) is 16.5. The third-order valence-corrected chi connectivity index (χ3v) is 4.60. The van der Waals surface area contributed by atoms with Gasteiger partial charge in [0.15, 0.2) is 5.78 Å². The summed E-state index contributed by atoms with van der Waals surface area (Å²) in [6, 6.07) is 12.7. The van der Waals surface area contributed by atoms with Gasteiger partial charge in [-0.25, -0.2) is 0 Å². The van der Waals surface area contributed by atoms with E-state index in [4.69, 9.17) is 4.74 Å². The quantitative estimate of drug-likeness (QED) is 0.552. The van der Waals surface area contributed by atoms with Crippen molar-refractivity contribution in [3.63, 3.8) is 0 Å². The number of hydrogen-bond donors (Lipinski definition) is 0. The van der Waals surface area contributed by atoms with E-state index in [9.17, 15) is 9.59 Å². The minimum Gasteiger partial charge on any atom is -0.496 e. The molecule has 0 unspecified atom stereocenters. The fourth-order valence-electron chi connectivity index (χ4n) is 3.06. The van der Waals surface area contributed by atoms with E-state index in [1.165, 1.54) is 6.92 Å². The lowest BCUT2D eigenvalue weighted by atomic mass is 10.0. The molecule has 0 aliphatic carbocycles. The van der Waals surface area contributed by atoms with Gasteiger partial charge in [0, 0.05) is 49.0 Å². The van der Waals surface area contributed by atoms with Crippen molar-refractivity contribution >= 4 is 11.7 Å². The highest BCUT2D eigenvalue weighted by Crippen LogP contribution is 2.22. The number of methoxy groups -OCH3 is 1. The van der Waals surface area contributed by atoms with E-state index in [-0.39, 0.29) is 18.1 Å². The Labute approximate surface area is 170 Å². The number of amides is 1.